The number of rotatable bonds is 4. The summed E-state index contributed by atoms with van der Waals surface area (Å²) in [6.07, 6.45) is 3.56. The second kappa shape index (κ2) is 7.58. The molecule has 4 aromatic rings. The second-order valence-electron chi connectivity index (χ2n) is 7.74. The summed E-state index contributed by atoms with van der Waals surface area (Å²) in [7, 11) is 0. The van der Waals surface area contributed by atoms with Gasteiger partial charge in [-0.1, -0.05) is 6.07 Å². The van der Waals surface area contributed by atoms with E-state index in [0.29, 0.717) is 36.5 Å². The van der Waals surface area contributed by atoms with E-state index in [-0.39, 0.29) is 23.4 Å². The first-order valence-electron chi connectivity index (χ1n) is 10.2. The number of halogens is 1. The van der Waals surface area contributed by atoms with Gasteiger partial charge in [-0.05, 0) is 26.0 Å². The Bertz CT molecular complexity index is 1280. The van der Waals surface area contributed by atoms with Crippen molar-refractivity contribution in [2.75, 3.05) is 25.0 Å². The maximum atomic E-state index is 14.6. The molecule has 1 aromatic carbocycles. The lowest BCUT2D eigenvalue weighted by Crippen LogP contribution is -2.42. The largest absolute Gasteiger partial charge is 0.353 e. The van der Waals surface area contributed by atoms with Gasteiger partial charge in [-0.2, -0.15) is 9.61 Å². The molecule has 0 radical (unpaired) electrons. The van der Waals surface area contributed by atoms with Crippen molar-refractivity contribution in [1.29, 1.82) is 0 Å². The molecule has 1 fully saturated rings. The summed E-state index contributed by atoms with van der Waals surface area (Å²) in [6, 6.07) is 4.32. The molecule has 11 heteroatoms. The molecule has 1 aliphatic heterocycles. The summed E-state index contributed by atoms with van der Waals surface area (Å²) in [5.74, 6) is 0.0548. The number of para-hydroxylation sites is 1. The maximum absolute atomic E-state index is 14.6. The van der Waals surface area contributed by atoms with Crippen LogP contribution in [0.2, 0.25) is 0 Å². The molecule has 1 saturated heterocycles. The molecule has 1 amide bonds. The fourth-order valence-corrected chi connectivity index (χ4v) is 3.56. The highest BCUT2D eigenvalue weighted by Crippen LogP contribution is 2.26. The highest BCUT2D eigenvalue weighted by Gasteiger charge is 2.24. The first-order valence-corrected chi connectivity index (χ1v) is 10.2. The molecule has 1 aliphatic rings. The molecule has 10 nitrogen and oxygen atoms in total. The molecule has 160 valence electrons. The molecule has 31 heavy (non-hydrogen) atoms. The average Bonchev–Trinajstić information content (AvgIpc) is 3.36. The van der Waals surface area contributed by atoms with Crippen molar-refractivity contribution in [2.45, 2.75) is 25.9 Å². The summed E-state index contributed by atoms with van der Waals surface area (Å²) < 4.78 is 17.9. The van der Waals surface area contributed by atoms with Gasteiger partial charge in [0.15, 0.2) is 11.5 Å². The standard InChI is InChI=1S/C20H22FN9O/c1-11(2)29-10-12(8-24-29)17-27-18-13-4-3-5-14(21)16(13)26-20(30(18)28-17)25-15-9-22-6-7-23-19(15)31/h3-5,8,10-11,15,22H,6-7,9H2,1-2H3,(H,23,31)(H,25,26)/t15-/m1/s1. The van der Waals surface area contributed by atoms with Gasteiger partial charge in [0.05, 0.1) is 11.8 Å². The monoisotopic (exact) mass is 423 g/mol. The van der Waals surface area contributed by atoms with Gasteiger partial charge >= 0.3 is 0 Å². The Kier molecular flexibility index (Phi) is 4.74. The zero-order valence-electron chi connectivity index (χ0n) is 17.1. The zero-order valence-corrected chi connectivity index (χ0v) is 17.1. The second-order valence-corrected chi connectivity index (χ2v) is 7.74. The highest BCUT2D eigenvalue weighted by atomic mass is 19.1. The predicted octanol–water partition coefficient (Wildman–Crippen LogP) is 1.36. The predicted molar refractivity (Wildman–Crippen MR) is 113 cm³/mol. The fourth-order valence-electron chi connectivity index (χ4n) is 3.56. The van der Waals surface area contributed by atoms with Crippen molar-refractivity contribution >= 4 is 28.4 Å². The summed E-state index contributed by atoms with van der Waals surface area (Å²) >= 11 is 0. The lowest BCUT2D eigenvalue weighted by Gasteiger charge is -2.16. The quantitative estimate of drug-likeness (QED) is 0.454. The zero-order chi connectivity index (χ0) is 21.5. The van der Waals surface area contributed by atoms with Gasteiger partial charge in [0, 0.05) is 37.3 Å². The van der Waals surface area contributed by atoms with Gasteiger partial charge in [0.2, 0.25) is 11.9 Å². The van der Waals surface area contributed by atoms with Crippen molar-refractivity contribution in [3.63, 3.8) is 0 Å². The van der Waals surface area contributed by atoms with Crippen LogP contribution in [0.15, 0.2) is 30.6 Å². The van der Waals surface area contributed by atoms with E-state index in [2.05, 4.69) is 36.1 Å². The van der Waals surface area contributed by atoms with Gasteiger partial charge in [0.25, 0.3) is 0 Å². The van der Waals surface area contributed by atoms with E-state index in [1.54, 1.807) is 18.3 Å². The van der Waals surface area contributed by atoms with Crippen molar-refractivity contribution < 1.29 is 9.18 Å². The van der Waals surface area contributed by atoms with E-state index < -0.39 is 11.9 Å². The van der Waals surface area contributed by atoms with Crippen LogP contribution < -0.4 is 16.0 Å². The summed E-state index contributed by atoms with van der Waals surface area (Å²) in [6.45, 7) is 5.68. The Morgan fingerprint density at radius 3 is 2.94 bits per heavy atom. The third kappa shape index (κ3) is 3.46. The molecular weight excluding hydrogens is 401 g/mol. The van der Waals surface area contributed by atoms with Crippen molar-refractivity contribution in [3.05, 3.63) is 36.4 Å². The third-order valence-corrected chi connectivity index (χ3v) is 5.21. The molecule has 0 unspecified atom stereocenters. The first-order chi connectivity index (χ1) is 15.0. The van der Waals surface area contributed by atoms with Crippen LogP contribution in [0.1, 0.15) is 19.9 Å². The van der Waals surface area contributed by atoms with Crippen LogP contribution in [-0.4, -0.2) is 60.9 Å². The Labute approximate surface area is 176 Å². The molecule has 0 saturated carbocycles. The number of carbonyl (C=O) groups is 1. The topological polar surface area (TPSA) is 114 Å². The van der Waals surface area contributed by atoms with E-state index in [1.807, 2.05) is 24.7 Å². The van der Waals surface area contributed by atoms with E-state index in [1.165, 1.54) is 10.6 Å². The number of hydrogen-bond acceptors (Lipinski definition) is 7. The van der Waals surface area contributed by atoms with Crippen LogP contribution >= 0.6 is 0 Å². The van der Waals surface area contributed by atoms with E-state index in [4.69, 9.17) is 0 Å². The van der Waals surface area contributed by atoms with Crippen LogP contribution in [-0.2, 0) is 4.79 Å². The number of benzene rings is 1. The SMILES string of the molecule is CC(C)n1cc(-c2nc3c4cccc(F)c4nc(N[C@@H]4CNCCNC4=O)n3n2)cn1. The number of nitrogens with one attached hydrogen (secondary N) is 3. The minimum absolute atomic E-state index is 0.160. The Balaban J connectivity index is 1.66. The summed E-state index contributed by atoms with van der Waals surface area (Å²) in [5, 5.41) is 18.6. The molecule has 5 rings (SSSR count). The van der Waals surface area contributed by atoms with Crippen molar-refractivity contribution in [1.82, 2.24) is 40.0 Å². The lowest BCUT2D eigenvalue weighted by molar-refractivity contribution is -0.121. The van der Waals surface area contributed by atoms with Crippen LogP contribution in [0, 0.1) is 5.82 Å². The Hall–Kier alpha value is -3.60. The van der Waals surface area contributed by atoms with E-state index >= 15 is 0 Å². The van der Waals surface area contributed by atoms with Crippen LogP contribution in [0.4, 0.5) is 10.3 Å². The third-order valence-electron chi connectivity index (χ3n) is 5.21. The van der Waals surface area contributed by atoms with Crippen molar-refractivity contribution in [3.8, 4) is 11.4 Å². The molecule has 0 spiro atoms. The molecule has 0 aliphatic carbocycles. The van der Waals surface area contributed by atoms with Crippen molar-refractivity contribution in [2.24, 2.45) is 0 Å². The van der Waals surface area contributed by atoms with E-state index in [0.717, 1.165) is 5.56 Å². The maximum Gasteiger partial charge on any atom is 0.243 e. The summed E-state index contributed by atoms with van der Waals surface area (Å²) in [5.41, 5.74) is 1.35. The van der Waals surface area contributed by atoms with Gasteiger partial charge in [0.1, 0.15) is 17.4 Å². The Morgan fingerprint density at radius 2 is 2.13 bits per heavy atom. The normalized spacial score (nSPS) is 17.3. The van der Waals surface area contributed by atoms with Gasteiger partial charge in [-0.15, -0.1) is 5.10 Å². The number of carbonyl (C=O) groups excluding carboxylic acids is 1. The summed E-state index contributed by atoms with van der Waals surface area (Å²) in [4.78, 5) is 21.5. The van der Waals surface area contributed by atoms with Gasteiger partial charge in [-0.3, -0.25) is 9.48 Å². The number of hydrogen-bond donors (Lipinski definition) is 3. The number of anilines is 1. The smallest absolute Gasteiger partial charge is 0.243 e. The number of aromatic nitrogens is 6. The minimum Gasteiger partial charge on any atom is -0.353 e. The van der Waals surface area contributed by atoms with Gasteiger partial charge in [-0.25, -0.2) is 14.4 Å². The minimum atomic E-state index is -0.584. The molecule has 4 heterocycles. The van der Waals surface area contributed by atoms with Crippen LogP contribution in [0.3, 0.4) is 0 Å². The molecule has 1 atom stereocenters. The fraction of sp³-hybridized carbons (Fsp3) is 0.350. The number of amides is 1. The molecule has 3 N–H and O–H groups in total. The lowest BCUT2D eigenvalue weighted by atomic mass is 10.2. The van der Waals surface area contributed by atoms with Gasteiger partial charge < -0.3 is 16.0 Å². The van der Waals surface area contributed by atoms with E-state index in [9.17, 15) is 9.18 Å². The molecule has 3 aromatic heterocycles. The van der Waals surface area contributed by atoms with Crippen LogP contribution in [0.5, 0.6) is 0 Å². The number of nitrogens with zero attached hydrogens (tertiary/aromatic N) is 6. The molecular formula is C20H22FN9O. The average molecular weight is 423 g/mol. The highest BCUT2D eigenvalue weighted by molar-refractivity contribution is 5.93. The number of fused-ring (bicyclic) bond motifs is 3. The van der Waals surface area contributed by atoms with Crippen LogP contribution in [0.25, 0.3) is 27.9 Å². The molecule has 0 bridgehead atoms. The Morgan fingerprint density at radius 1 is 1.26 bits per heavy atom. The first kappa shape index (κ1) is 19.4.